The molecular weight excluding hydrogens is 290 g/mol. The predicted octanol–water partition coefficient (Wildman–Crippen LogP) is 4.28. The summed E-state index contributed by atoms with van der Waals surface area (Å²) in [5.74, 6) is 1.20. The highest BCUT2D eigenvalue weighted by molar-refractivity contribution is 7.98. The summed E-state index contributed by atoms with van der Waals surface area (Å²) in [6.07, 6.45) is 8.03. The fourth-order valence-electron chi connectivity index (χ4n) is 3.08. The Morgan fingerprint density at radius 2 is 1.77 bits per heavy atom. The zero-order valence-electron chi connectivity index (χ0n) is 12.5. The Bertz CT molecular complexity index is 791. The van der Waals surface area contributed by atoms with Gasteiger partial charge in [0.15, 0.2) is 0 Å². The molecule has 3 nitrogen and oxygen atoms in total. The molecule has 1 aliphatic rings. The maximum Gasteiger partial charge on any atom is 0.109 e. The second kappa shape index (κ2) is 5.61. The number of aryl methyl sites for hydroxylation is 1. The van der Waals surface area contributed by atoms with Gasteiger partial charge in [-0.15, -0.1) is 11.8 Å². The molecule has 1 aliphatic heterocycles. The van der Waals surface area contributed by atoms with E-state index in [1.165, 1.54) is 28.4 Å². The van der Waals surface area contributed by atoms with Crippen LogP contribution in [0.4, 0.5) is 0 Å². The van der Waals surface area contributed by atoms with Crippen molar-refractivity contribution < 1.29 is 0 Å². The number of hydrogen-bond donors (Lipinski definition) is 0. The van der Waals surface area contributed by atoms with Crippen LogP contribution in [0.25, 0.3) is 22.5 Å². The van der Waals surface area contributed by atoms with E-state index < -0.39 is 0 Å². The van der Waals surface area contributed by atoms with Crippen molar-refractivity contribution in [2.45, 2.75) is 24.3 Å². The summed E-state index contributed by atoms with van der Waals surface area (Å²) in [4.78, 5) is 10.3. The maximum atomic E-state index is 4.91. The Morgan fingerprint density at radius 1 is 1.00 bits per heavy atom. The minimum atomic E-state index is 1.06. The molecule has 0 saturated carbocycles. The largest absolute Gasteiger partial charge is 0.327 e. The second-order valence-electron chi connectivity index (χ2n) is 5.44. The van der Waals surface area contributed by atoms with Gasteiger partial charge in [0.1, 0.15) is 5.82 Å². The van der Waals surface area contributed by atoms with Gasteiger partial charge >= 0.3 is 0 Å². The third-order valence-electron chi connectivity index (χ3n) is 4.15. The number of rotatable bonds is 3. The normalized spacial score (nSPS) is 13.3. The lowest BCUT2D eigenvalue weighted by molar-refractivity contribution is 0.756. The number of hydrogen-bond acceptors (Lipinski definition) is 3. The summed E-state index contributed by atoms with van der Waals surface area (Å²) in [5, 5.41) is 0. The fourth-order valence-corrected chi connectivity index (χ4v) is 3.49. The molecule has 0 bridgehead atoms. The van der Waals surface area contributed by atoms with Gasteiger partial charge in [0.25, 0.3) is 0 Å². The van der Waals surface area contributed by atoms with Crippen molar-refractivity contribution in [3.05, 3.63) is 54.6 Å². The lowest BCUT2D eigenvalue weighted by Crippen LogP contribution is -1.96. The van der Waals surface area contributed by atoms with Crippen LogP contribution >= 0.6 is 11.8 Å². The van der Waals surface area contributed by atoms with Crippen LogP contribution in [0.15, 0.2) is 53.7 Å². The summed E-state index contributed by atoms with van der Waals surface area (Å²) < 4.78 is 2.38. The third kappa shape index (κ3) is 2.24. The monoisotopic (exact) mass is 307 g/mol. The maximum absolute atomic E-state index is 4.91. The van der Waals surface area contributed by atoms with E-state index in [-0.39, 0.29) is 0 Å². The number of benzene rings is 1. The van der Waals surface area contributed by atoms with Crippen LogP contribution in [0.2, 0.25) is 0 Å². The molecule has 0 unspecified atom stereocenters. The molecule has 22 heavy (non-hydrogen) atoms. The van der Waals surface area contributed by atoms with Crippen molar-refractivity contribution in [2.24, 2.45) is 0 Å². The highest BCUT2D eigenvalue weighted by atomic mass is 32.2. The van der Waals surface area contributed by atoms with Crippen LogP contribution in [-0.2, 0) is 13.0 Å². The van der Waals surface area contributed by atoms with Crippen molar-refractivity contribution >= 4 is 11.8 Å². The van der Waals surface area contributed by atoms with E-state index in [1.54, 1.807) is 11.8 Å². The Balaban J connectivity index is 1.89. The van der Waals surface area contributed by atoms with Crippen molar-refractivity contribution in [3.63, 3.8) is 0 Å². The molecule has 0 N–H and O–H groups in total. The molecule has 0 saturated heterocycles. The molecule has 0 fully saturated rings. The molecular formula is C18H17N3S. The van der Waals surface area contributed by atoms with E-state index in [2.05, 4.69) is 40.1 Å². The van der Waals surface area contributed by atoms with E-state index in [1.807, 2.05) is 24.5 Å². The van der Waals surface area contributed by atoms with E-state index in [0.29, 0.717) is 0 Å². The number of fused-ring (bicyclic) bond motifs is 1. The zero-order valence-corrected chi connectivity index (χ0v) is 13.3. The number of imidazole rings is 1. The van der Waals surface area contributed by atoms with Crippen LogP contribution in [-0.4, -0.2) is 20.8 Å². The lowest BCUT2D eigenvalue weighted by atomic mass is 10.1. The number of nitrogens with zero attached hydrogens (tertiary/aromatic N) is 3. The molecule has 3 heterocycles. The first-order chi connectivity index (χ1) is 10.9. The summed E-state index contributed by atoms with van der Waals surface area (Å²) in [6, 6.07) is 12.9. The highest BCUT2D eigenvalue weighted by Crippen LogP contribution is 2.35. The minimum Gasteiger partial charge on any atom is -0.327 e. The smallest absolute Gasteiger partial charge is 0.109 e. The molecule has 1 aromatic carbocycles. The molecule has 110 valence electrons. The fraction of sp³-hybridized carbons (Fsp3) is 0.222. The van der Waals surface area contributed by atoms with Crippen molar-refractivity contribution in [1.82, 2.24) is 14.5 Å². The Kier molecular flexibility index (Phi) is 3.47. The van der Waals surface area contributed by atoms with Crippen LogP contribution < -0.4 is 0 Å². The van der Waals surface area contributed by atoms with Gasteiger partial charge in [0.05, 0.1) is 11.4 Å². The predicted molar refractivity (Wildman–Crippen MR) is 91.0 cm³/mol. The van der Waals surface area contributed by atoms with E-state index in [9.17, 15) is 0 Å². The van der Waals surface area contributed by atoms with Gasteiger partial charge in [-0.25, -0.2) is 4.98 Å². The van der Waals surface area contributed by atoms with Gasteiger partial charge in [-0.2, -0.15) is 0 Å². The lowest BCUT2D eigenvalue weighted by Gasteiger charge is -2.09. The summed E-state index contributed by atoms with van der Waals surface area (Å²) in [7, 11) is 0. The van der Waals surface area contributed by atoms with Gasteiger partial charge in [-0.05, 0) is 36.9 Å². The van der Waals surface area contributed by atoms with Crippen molar-refractivity contribution in [2.75, 3.05) is 6.26 Å². The Morgan fingerprint density at radius 3 is 2.50 bits per heavy atom. The van der Waals surface area contributed by atoms with Crippen molar-refractivity contribution in [3.8, 4) is 22.5 Å². The van der Waals surface area contributed by atoms with Gasteiger partial charge in [-0.1, -0.05) is 12.1 Å². The minimum absolute atomic E-state index is 1.06. The Labute approximate surface area is 134 Å². The topological polar surface area (TPSA) is 30.7 Å². The standard InChI is InChI=1S/C18H17N3S/c1-22-15-6-4-14(5-7-15)18-17(13-8-10-19-11-9-13)20-16-3-2-12-21(16)18/h4-11H,2-3,12H2,1H3. The molecule has 4 heteroatoms. The third-order valence-corrected chi connectivity index (χ3v) is 4.89. The molecule has 4 rings (SSSR count). The average Bonchev–Trinajstić information content (AvgIpc) is 3.16. The van der Waals surface area contributed by atoms with E-state index in [4.69, 9.17) is 4.98 Å². The van der Waals surface area contributed by atoms with Crippen LogP contribution in [0.3, 0.4) is 0 Å². The molecule has 0 spiro atoms. The summed E-state index contributed by atoms with van der Waals surface area (Å²) in [6.45, 7) is 1.06. The van der Waals surface area contributed by atoms with E-state index in [0.717, 1.165) is 24.2 Å². The summed E-state index contributed by atoms with van der Waals surface area (Å²) in [5.41, 5.74) is 4.70. The van der Waals surface area contributed by atoms with Crippen molar-refractivity contribution in [1.29, 1.82) is 0 Å². The van der Waals surface area contributed by atoms with Gasteiger partial charge in [0, 0.05) is 41.4 Å². The highest BCUT2D eigenvalue weighted by Gasteiger charge is 2.22. The SMILES string of the molecule is CSc1ccc(-c2c(-c3ccncc3)nc3n2CCC3)cc1. The zero-order chi connectivity index (χ0) is 14.9. The quantitative estimate of drug-likeness (QED) is 0.677. The van der Waals surface area contributed by atoms with Gasteiger partial charge in [0.2, 0.25) is 0 Å². The molecule has 0 atom stereocenters. The van der Waals surface area contributed by atoms with E-state index >= 15 is 0 Å². The van der Waals surface area contributed by atoms with Crippen LogP contribution in [0, 0.1) is 0 Å². The van der Waals surface area contributed by atoms with Crippen LogP contribution in [0.1, 0.15) is 12.2 Å². The first kappa shape index (κ1) is 13.6. The number of thioether (sulfide) groups is 1. The summed E-state index contributed by atoms with van der Waals surface area (Å²) >= 11 is 1.77. The second-order valence-corrected chi connectivity index (χ2v) is 6.32. The molecule has 0 amide bonds. The average molecular weight is 307 g/mol. The van der Waals surface area contributed by atoms with Gasteiger partial charge in [-0.3, -0.25) is 4.98 Å². The molecule has 2 aromatic heterocycles. The van der Waals surface area contributed by atoms with Crippen LogP contribution in [0.5, 0.6) is 0 Å². The first-order valence-corrected chi connectivity index (χ1v) is 8.73. The molecule has 0 radical (unpaired) electrons. The number of pyridine rings is 1. The molecule has 0 aliphatic carbocycles. The number of aromatic nitrogens is 3. The first-order valence-electron chi connectivity index (χ1n) is 7.51. The Hall–Kier alpha value is -2.07. The molecule has 3 aromatic rings. The van der Waals surface area contributed by atoms with Gasteiger partial charge < -0.3 is 4.57 Å².